The van der Waals surface area contributed by atoms with Crippen molar-refractivity contribution in [2.24, 2.45) is 10.9 Å². The van der Waals surface area contributed by atoms with Crippen LogP contribution in [0.3, 0.4) is 0 Å². The molecule has 5 heteroatoms. The van der Waals surface area contributed by atoms with Gasteiger partial charge in [-0.2, -0.15) is 0 Å². The van der Waals surface area contributed by atoms with Crippen LogP contribution >= 0.6 is 11.8 Å². The first kappa shape index (κ1) is 18.9. The molecule has 0 aliphatic carbocycles. The van der Waals surface area contributed by atoms with Crippen molar-refractivity contribution in [3.8, 4) is 16.9 Å². The maximum atomic E-state index is 6.15. The fourth-order valence-corrected chi connectivity index (χ4v) is 4.13. The van der Waals surface area contributed by atoms with E-state index in [0.29, 0.717) is 5.92 Å². The van der Waals surface area contributed by atoms with E-state index in [1.807, 2.05) is 17.9 Å². The molecule has 0 amide bonds. The molecule has 0 spiro atoms. The molecule has 0 fully saturated rings. The molecule has 1 aromatic heterocycles. The number of aliphatic imine (C=N–C) groups is 1. The molecule has 1 aromatic carbocycles. The summed E-state index contributed by atoms with van der Waals surface area (Å²) in [4.78, 5) is 13.4. The minimum atomic E-state index is -0.225. The second-order valence-electron chi connectivity index (χ2n) is 6.74. The number of aromatic nitrogens is 2. The van der Waals surface area contributed by atoms with Crippen LogP contribution in [0.4, 0.5) is 0 Å². The van der Waals surface area contributed by atoms with Gasteiger partial charge in [-0.15, -0.1) is 11.8 Å². The number of fused-ring (bicyclic) bond motifs is 1. The van der Waals surface area contributed by atoms with E-state index < -0.39 is 0 Å². The van der Waals surface area contributed by atoms with E-state index >= 15 is 0 Å². The Morgan fingerprint density at radius 2 is 2.08 bits per heavy atom. The number of benzene rings is 1. The van der Waals surface area contributed by atoms with Crippen molar-refractivity contribution in [3.63, 3.8) is 0 Å². The molecular weight excluding hydrogens is 342 g/mol. The smallest absolute Gasteiger partial charge is 0.125 e. The standard InChI is InChI=1S/C21H27N3OS/c1-4-6-7-18-13-25-20-9-8-16(17-11-22-14-23-12-17)10-19(20)21(18,5-2)24-15-26-3/h8-12,14-15,18H,4-7,13H2,1-3H3. The fourth-order valence-electron chi connectivity index (χ4n) is 3.83. The second kappa shape index (κ2) is 8.67. The average molecular weight is 370 g/mol. The van der Waals surface area contributed by atoms with Crippen molar-refractivity contribution in [2.45, 2.75) is 45.1 Å². The molecule has 0 saturated carbocycles. The van der Waals surface area contributed by atoms with Gasteiger partial charge in [0, 0.05) is 29.4 Å². The number of hydrogen-bond acceptors (Lipinski definition) is 5. The number of unbranched alkanes of at least 4 members (excludes halogenated alkanes) is 1. The first-order valence-corrected chi connectivity index (χ1v) is 10.6. The molecule has 3 rings (SSSR count). The van der Waals surface area contributed by atoms with Crippen LogP contribution in [0.15, 0.2) is 41.9 Å². The molecule has 26 heavy (non-hydrogen) atoms. The molecule has 0 bridgehead atoms. The molecule has 1 aliphatic rings. The van der Waals surface area contributed by atoms with Gasteiger partial charge in [0.25, 0.3) is 0 Å². The van der Waals surface area contributed by atoms with E-state index in [2.05, 4.69) is 48.3 Å². The first-order valence-electron chi connectivity index (χ1n) is 9.34. The zero-order valence-corrected chi connectivity index (χ0v) is 16.6. The van der Waals surface area contributed by atoms with Crippen molar-refractivity contribution >= 4 is 17.3 Å². The number of rotatable bonds is 7. The Bertz CT molecular complexity index is 750. The number of ether oxygens (including phenoxy) is 1. The monoisotopic (exact) mass is 369 g/mol. The Morgan fingerprint density at radius 1 is 1.27 bits per heavy atom. The Morgan fingerprint density at radius 3 is 2.77 bits per heavy atom. The van der Waals surface area contributed by atoms with Gasteiger partial charge in [0.1, 0.15) is 12.1 Å². The highest BCUT2D eigenvalue weighted by atomic mass is 32.2. The second-order valence-corrected chi connectivity index (χ2v) is 7.42. The van der Waals surface area contributed by atoms with Crippen molar-refractivity contribution in [2.75, 3.05) is 12.9 Å². The lowest BCUT2D eigenvalue weighted by Crippen LogP contribution is -2.40. The third-order valence-electron chi connectivity index (χ3n) is 5.29. The van der Waals surface area contributed by atoms with E-state index in [4.69, 9.17) is 9.73 Å². The largest absolute Gasteiger partial charge is 0.493 e. The first-order chi connectivity index (χ1) is 12.7. The predicted molar refractivity (Wildman–Crippen MR) is 110 cm³/mol. The van der Waals surface area contributed by atoms with Gasteiger partial charge in [-0.05, 0) is 36.8 Å². The summed E-state index contributed by atoms with van der Waals surface area (Å²) in [6.07, 6.45) is 11.8. The molecule has 1 aliphatic heterocycles. The summed E-state index contributed by atoms with van der Waals surface area (Å²) in [7, 11) is 0. The van der Waals surface area contributed by atoms with Crippen molar-refractivity contribution in [3.05, 3.63) is 42.5 Å². The van der Waals surface area contributed by atoms with E-state index in [9.17, 15) is 0 Å². The van der Waals surface area contributed by atoms with Crippen LogP contribution in [0.5, 0.6) is 5.75 Å². The van der Waals surface area contributed by atoms with Crippen molar-refractivity contribution in [1.29, 1.82) is 0 Å². The minimum absolute atomic E-state index is 0.225. The van der Waals surface area contributed by atoms with Crippen LogP contribution in [-0.4, -0.2) is 28.4 Å². The number of nitrogens with zero attached hydrogens (tertiary/aromatic N) is 3. The molecule has 2 aromatic rings. The van der Waals surface area contributed by atoms with Gasteiger partial charge in [-0.25, -0.2) is 9.97 Å². The molecule has 0 N–H and O–H groups in total. The Kier molecular flexibility index (Phi) is 6.30. The van der Waals surface area contributed by atoms with Crippen molar-refractivity contribution < 1.29 is 4.74 Å². The normalized spacial score (nSPS) is 22.2. The molecule has 2 heterocycles. The van der Waals surface area contributed by atoms with Gasteiger partial charge in [-0.1, -0.05) is 32.8 Å². The molecule has 2 unspecified atom stereocenters. The number of thioether (sulfide) groups is 1. The van der Waals surface area contributed by atoms with Gasteiger partial charge in [0.15, 0.2) is 0 Å². The Balaban J connectivity index is 2.10. The zero-order chi connectivity index (χ0) is 18.4. The summed E-state index contributed by atoms with van der Waals surface area (Å²) in [5.74, 6) is 1.35. The van der Waals surface area contributed by atoms with Gasteiger partial charge in [-0.3, -0.25) is 4.99 Å². The van der Waals surface area contributed by atoms with Crippen LogP contribution in [0, 0.1) is 5.92 Å². The summed E-state index contributed by atoms with van der Waals surface area (Å²) in [6, 6.07) is 6.39. The van der Waals surface area contributed by atoms with Crippen LogP contribution < -0.4 is 4.74 Å². The molecule has 4 nitrogen and oxygen atoms in total. The summed E-state index contributed by atoms with van der Waals surface area (Å²) in [5, 5.41) is 0. The van der Waals surface area contributed by atoms with E-state index in [1.165, 1.54) is 18.4 Å². The van der Waals surface area contributed by atoms with Crippen LogP contribution in [-0.2, 0) is 5.54 Å². The molecule has 2 atom stereocenters. The van der Waals surface area contributed by atoms with Gasteiger partial charge >= 0.3 is 0 Å². The Hall–Kier alpha value is -1.88. The molecule has 138 valence electrons. The molecule has 0 saturated heterocycles. The highest BCUT2D eigenvalue weighted by Gasteiger charge is 2.43. The Labute approximate surface area is 160 Å². The lowest BCUT2D eigenvalue weighted by Gasteiger charge is -2.42. The van der Waals surface area contributed by atoms with Crippen LogP contribution in [0.25, 0.3) is 11.1 Å². The summed E-state index contributed by atoms with van der Waals surface area (Å²) < 4.78 is 6.15. The average Bonchev–Trinajstić information content (AvgIpc) is 2.71. The van der Waals surface area contributed by atoms with E-state index in [0.717, 1.165) is 36.3 Å². The van der Waals surface area contributed by atoms with E-state index in [-0.39, 0.29) is 5.54 Å². The van der Waals surface area contributed by atoms with Crippen LogP contribution in [0.1, 0.15) is 45.1 Å². The molecule has 0 radical (unpaired) electrons. The third kappa shape index (κ3) is 3.63. The minimum Gasteiger partial charge on any atom is -0.493 e. The van der Waals surface area contributed by atoms with Crippen molar-refractivity contribution in [1.82, 2.24) is 9.97 Å². The summed E-state index contributed by atoms with van der Waals surface area (Å²) >= 11 is 1.66. The van der Waals surface area contributed by atoms with Gasteiger partial charge < -0.3 is 4.74 Å². The highest BCUT2D eigenvalue weighted by Crippen LogP contribution is 2.48. The summed E-state index contributed by atoms with van der Waals surface area (Å²) in [5.41, 5.74) is 5.10. The highest BCUT2D eigenvalue weighted by molar-refractivity contribution is 8.11. The third-order valence-corrected chi connectivity index (χ3v) is 5.61. The summed E-state index contributed by atoms with van der Waals surface area (Å²) in [6.45, 7) is 5.22. The maximum absolute atomic E-state index is 6.15. The van der Waals surface area contributed by atoms with Gasteiger partial charge in [0.05, 0.1) is 17.7 Å². The van der Waals surface area contributed by atoms with Gasteiger partial charge in [0.2, 0.25) is 0 Å². The predicted octanol–water partition coefficient (Wildman–Crippen LogP) is 5.34. The fraction of sp³-hybridized carbons (Fsp3) is 0.476. The zero-order valence-electron chi connectivity index (χ0n) is 15.8. The SMILES string of the molecule is CCCCC1COc2ccc(-c3cncnc3)cc2C1(CC)N=CSC. The topological polar surface area (TPSA) is 47.4 Å². The quantitative estimate of drug-likeness (QED) is 0.488. The molecular formula is C21H27N3OS. The lowest BCUT2D eigenvalue weighted by molar-refractivity contribution is 0.120. The maximum Gasteiger partial charge on any atom is 0.125 e. The lowest BCUT2D eigenvalue weighted by atomic mass is 9.72. The van der Waals surface area contributed by atoms with E-state index in [1.54, 1.807) is 18.1 Å². The van der Waals surface area contributed by atoms with Crippen LogP contribution in [0.2, 0.25) is 0 Å². The number of hydrogen-bond donors (Lipinski definition) is 0.